The average Bonchev–Trinajstić information content (AvgIpc) is 3.25. The second-order valence-electron chi connectivity index (χ2n) is 7.04. The number of aromatic nitrogens is 3. The number of nitrogens with zero attached hydrogens (tertiary/aromatic N) is 3. The molecule has 6 nitrogen and oxygen atoms in total. The topological polar surface area (TPSA) is 71.1 Å². The quantitative estimate of drug-likeness (QED) is 0.736. The minimum Gasteiger partial charge on any atom is -0.497 e. The summed E-state index contributed by atoms with van der Waals surface area (Å²) in [7, 11) is 1.63. The van der Waals surface area contributed by atoms with Crippen molar-refractivity contribution in [2.45, 2.75) is 31.7 Å². The van der Waals surface area contributed by atoms with Crippen LogP contribution in [0.25, 0.3) is 11.4 Å². The molecule has 6 heteroatoms. The molecule has 0 spiro atoms. The lowest BCUT2D eigenvalue weighted by Crippen LogP contribution is -2.39. The van der Waals surface area contributed by atoms with E-state index in [9.17, 15) is 4.79 Å². The third-order valence-electron chi connectivity index (χ3n) is 5.16. The lowest BCUT2D eigenvalue weighted by molar-refractivity contribution is -0.134. The third-order valence-corrected chi connectivity index (χ3v) is 5.16. The number of ether oxygens (including phenoxy) is 1. The van der Waals surface area contributed by atoms with E-state index in [2.05, 4.69) is 10.2 Å². The molecule has 2 aromatic carbocycles. The summed E-state index contributed by atoms with van der Waals surface area (Å²) in [6, 6.07) is 17.5. The summed E-state index contributed by atoms with van der Waals surface area (Å²) in [5.74, 6) is 2.30. The van der Waals surface area contributed by atoms with Gasteiger partial charge in [0.15, 0.2) is 5.82 Å². The van der Waals surface area contributed by atoms with E-state index < -0.39 is 0 Å². The molecule has 28 heavy (non-hydrogen) atoms. The highest BCUT2D eigenvalue weighted by molar-refractivity contribution is 5.79. The van der Waals surface area contributed by atoms with Gasteiger partial charge in [0.2, 0.25) is 5.91 Å². The highest BCUT2D eigenvalue weighted by Crippen LogP contribution is 2.30. The van der Waals surface area contributed by atoms with Crippen LogP contribution in [-0.4, -0.2) is 39.6 Å². The Hall–Kier alpha value is -3.15. The summed E-state index contributed by atoms with van der Waals surface area (Å²) in [5, 5.41) is 7.44. The van der Waals surface area contributed by atoms with Crippen molar-refractivity contribution in [3.63, 3.8) is 0 Å². The fraction of sp³-hybridized carbons (Fsp3) is 0.318. The Morgan fingerprint density at radius 1 is 1.18 bits per heavy atom. The van der Waals surface area contributed by atoms with Gasteiger partial charge in [-0.05, 0) is 37.0 Å². The summed E-state index contributed by atoms with van der Waals surface area (Å²) in [6.07, 6.45) is 3.34. The van der Waals surface area contributed by atoms with Crippen LogP contribution in [-0.2, 0) is 11.2 Å². The number of H-pyrrole nitrogens is 1. The molecule has 1 aromatic heterocycles. The lowest BCUT2D eigenvalue weighted by Gasteiger charge is -2.34. The van der Waals surface area contributed by atoms with Crippen molar-refractivity contribution in [1.29, 1.82) is 0 Å². The van der Waals surface area contributed by atoms with Crippen molar-refractivity contribution in [2.75, 3.05) is 13.7 Å². The van der Waals surface area contributed by atoms with Crippen LogP contribution in [0.4, 0.5) is 0 Å². The summed E-state index contributed by atoms with van der Waals surface area (Å²) in [6.45, 7) is 0.745. The second kappa shape index (κ2) is 8.25. The van der Waals surface area contributed by atoms with Gasteiger partial charge in [-0.3, -0.25) is 9.89 Å². The Labute approximate surface area is 164 Å². The van der Waals surface area contributed by atoms with Crippen molar-refractivity contribution in [2.24, 2.45) is 0 Å². The lowest BCUT2D eigenvalue weighted by atomic mass is 10.00. The van der Waals surface area contributed by atoms with Crippen LogP contribution in [0.15, 0.2) is 54.6 Å². The van der Waals surface area contributed by atoms with E-state index in [1.807, 2.05) is 59.5 Å². The smallest absolute Gasteiger partial charge is 0.227 e. The maximum atomic E-state index is 13.1. The van der Waals surface area contributed by atoms with Crippen LogP contribution >= 0.6 is 0 Å². The molecule has 1 N–H and O–H groups in total. The molecular formula is C22H24N4O2. The molecule has 1 saturated heterocycles. The Bertz CT molecular complexity index is 938. The number of carbonyl (C=O) groups is 1. The molecule has 1 unspecified atom stereocenters. The second-order valence-corrected chi connectivity index (χ2v) is 7.04. The highest BCUT2D eigenvalue weighted by Gasteiger charge is 2.30. The summed E-state index contributed by atoms with van der Waals surface area (Å²) in [4.78, 5) is 19.7. The maximum Gasteiger partial charge on any atom is 0.227 e. The number of hydrogen-bond acceptors (Lipinski definition) is 4. The molecule has 1 atom stereocenters. The largest absolute Gasteiger partial charge is 0.497 e. The first kappa shape index (κ1) is 18.2. The van der Waals surface area contributed by atoms with Gasteiger partial charge in [-0.25, -0.2) is 4.98 Å². The van der Waals surface area contributed by atoms with Gasteiger partial charge in [-0.1, -0.05) is 42.5 Å². The van der Waals surface area contributed by atoms with Crippen LogP contribution < -0.4 is 4.74 Å². The number of rotatable bonds is 5. The van der Waals surface area contributed by atoms with Crippen LogP contribution in [0.2, 0.25) is 0 Å². The normalized spacial score (nSPS) is 16.8. The molecule has 1 fully saturated rings. The molecule has 2 heterocycles. The van der Waals surface area contributed by atoms with Gasteiger partial charge >= 0.3 is 0 Å². The van der Waals surface area contributed by atoms with Crippen LogP contribution in [0.3, 0.4) is 0 Å². The minimum absolute atomic E-state index is 0.0585. The summed E-state index contributed by atoms with van der Waals surface area (Å²) in [5.41, 5.74) is 1.92. The predicted molar refractivity (Wildman–Crippen MR) is 107 cm³/mol. The molecule has 3 aromatic rings. The molecule has 0 radical (unpaired) electrons. The Morgan fingerprint density at radius 3 is 2.86 bits per heavy atom. The molecule has 0 aliphatic carbocycles. The number of nitrogens with one attached hydrogen (secondary N) is 1. The molecule has 1 aliphatic heterocycles. The van der Waals surface area contributed by atoms with Gasteiger partial charge in [0.05, 0.1) is 19.6 Å². The number of carbonyl (C=O) groups excluding carboxylic acids is 1. The minimum atomic E-state index is -0.0585. The molecule has 1 aliphatic rings. The number of benzene rings is 2. The van der Waals surface area contributed by atoms with Crippen LogP contribution in [0.5, 0.6) is 5.75 Å². The Morgan fingerprint density at radius 2 is 2.04 bits per heavy atom. The first-order valence-electron chi connectivity index (χ1n) is 9.65. The first-order valence-corrected chi connectivity index (χ1v) is 9.65. The molecule has 0 saturated carbocycles. The molecule has 144 valence electrons. The fourth-order valence-corrected chi connectivity index (χ4v) is 3.71. The number of aromatic amines is 1. The van der Waals surface area contributed by atoms with E-state index in [-0.39, 0.29) is 11.9 Å². The fourth-order valence-electron chi connectivity index (χ4n) is 3.71. The van der Waals surface area contributed by atoms with E-state index in [1.165, 1.54) is 0 Å². The molecular weight excluding hydrogens is 352 g/mol. The number of likely N-dealkylation sites (tertiary alicyclic amines) is 1. The first-order chi connectivity index (χ1) is 13.7. The van der Waals surface area contributed by atoms with Crippen LogP contribution in [0, 0.1) is 0 Å². The summed E-state index contributed by atoms with van der Waals surface area (Å²) >= 11 is 0. The van der Waals surface area contributed by atoms with Gasteiger partial charge < -0.3 is 9.64 Å². The molecule has 1 amide bonds. The standard InChI is InChI=1S/C22H24N4O2/c1-28-18-11-7-8-16(14-18)15-20(27)26-13-6-5-12-19(26)22-23-21(24-25-22)17-9-3-2-4-10-17/h2-4,7-11,14,19H,5-6,12-13,15H2,1H3,(H,23,24,25). The monoisotopic (exact) mass is 376 g/mol. The number of hydrogen-bond donors (Lipinski definition) is 1. The van der Waals surface area contributed by atoms with E-state index >= 15 is 0 Å². The van der Waals surface area contributed by atoms with Gasteiger partial charge in [0, 0.05) is 12.1 Å². The van der Waals surface area contributed by atoms with Gasteiger partial charge in [0.25, 0.3) is 0 Å². The van der Waals surface area contributed by atoms with E-state index in [4.69, 9.17) is 9.72 Å². The zero-order valence-electron chi connectivity index (χ0n) is 16.0. The average molecular weight is 376 g/mol. The van der Waals surface area contributed by atoms with Crippen molar-refractivity contribution in [1.82, 2.24) is 20.1 Å². The van der Waals surface area contributed by atoms with Gasteiger partial charge in [-0.2, -0.15) is 5.10 Å². The van der Waals surface area contributed by atoms with Crippen molar-refractivity contribution >= 4 is 5.91 Å². The van der Waals surface area contributed by atoms with E-state index in [0.717, 1.165) is 48.5 Å². The summed E-state index contributed by atoms with van der Waals surface area (Å²) < 4.78 is 5.27. The van der Waals surface area contributed by atoms with E-state index in [1.54, 1.807) is 7.11 Å². The highest BCUT2D eigenvalue weighted by atomic mass is 16.5. The number of amides is 1. The zero-order valence-corrected chi connectivity index (χ0v) is 16.0. The van der Waals surface area contributed by atoms with Gasteiger partial charge in [-0.15, -0.1) is 0 Å². The third kappa shape index (κ3) is 3.91. The van der Waals surface area contributed by atoms with Crippen molar-refractivity contribution < 1.29 is 9.53 Å². The maximum absolute atomic E-state index is 13.1. The molecule has 4 rings (SSSR count). The van der Waals surface area contributed by atoms with Crippen molar-refractivity contribution in [3.05, 3.63) is 66.0 Å². The molecule has 0 bridgehead atoms. The number of methoxy groups -OCH3 is 1. The van der Waals surface area contributed by atoms with Crippen molar-refractivity contribution in [3.8, 4) is 17.1 Å². The van der Waals surface area contributed by atoms with Crippen LogP contribution in [0.1, 0.15) is 36.7 Å². The predicted octanol–water partition coefficient (Wildman–Crippen LogP) is 3.78. The number of piperidine rings is 1. The SMILES string of the molecule is COc1cccc(CC(=O)N2CCCCC2c2nc(-c3ccccc3)n[nH]2)c1. The zero-order chi connectivity index (χ0) is 19.3. The van der Waals surface area contributed by atoms with Gasteiger partial charge in [0.1, 0.15) is 11.6 Å². The Balaban J connectivity index is 1.53. The van der Waals surface area contributed by atoms with E-state index in [0.29, 0.717) is 12.2 Å². The Kier molecular flexibility index (Phi) is 5.37.